The van der Waals surface area contributed by atoms with Gasteiger partial charge < -0.3 is 19.7 Å². The molecular formula is C33H36BrN3O2. The topological polar surface area (TPSA) is 51.9 Å². The Morgan fingerprint density at radius 2 is 1.31 bits per heavy atom. The van der Waals surface area contributed by atoms with E-state index in [9.17, 15) is 10.2 Å². The molecule has 0 radical (unpaired) electrons. The molecule has 4 aromatic carbocycles. The Hall–Kier alpha value is -3.32. The minimum Gasteiger partial charge on any atom is -0.506 e. The molecule has 202 valence electrons. The van der Waals surface area contributed by atoms with E-state index in [-0.39, 0.29) is 0 Å². The first-order valence-corrected chi connectivity index (χ1v) is 14.2. The van der Waals surface area contributed by atoms with Gasteiger partial charge in [0.05, 0.1) is 21.2 Å². The molecule has 0 bridgehead atoms. The Bertz CT molecular complexity index is 1590. The maximum Gasteiger partial charge on any atom is 0.144 e. The van der Waals surface area contributed by atoms with Crippen LogP contribution in [0.5, 0.6) is 11.5 Å². The van der Waals surface area contributed by atoms with E-state index < -0.39 is 0 Å². The molecule has 0 unspecified atom stereocenters. The molecule has 0 spiro atoms. The molecule has 0 aliphatic heterocycles. The maximum atomic E-state index is 11.7. The van der Waals surface area contributed by atoms with Crippen LogP contribution >= 0.6 is 15.9 Å². The minimum absolute atomic E-state index is 0.306. The number of phenolic OH excluding ortho intramolecular Hbond substituents is 2. The summed E-state index contributed by atoms with van der Waals surface area (Å²) in [5, 5.41) is 24.7. The zero-order valence-electron chi connectivity index (χ0n) is 23.1. The van der Waals surface area contributed by atoms with E-state index in [1.54, 1.807) is 0 Å². The molecule has 0 saturated heterocycles. The van der Waals surface area contributed by atoms with Crippen molar-refractivity contribution in [2.45, 2.75) is 26.8 Å². The number of aromatic hydroxyl groups is 2. The van der Waals surface area contributed by atoms with Crippen LogP contribution in [0.4, 0.5) is 0 Å². The third-order valence-electron chi connectivity index (χ3n) is 7.38. The van der Waals surface area contributed by atoms with Crippen LogP contribution in [0, 0.1) is 13.8 Å². The summed E-state index contributed by atoms with van der Waals surface area (Å²) in [6.07, 6.45) is 0.714. The number of phenols is 2. The summed E-state index contributed by atoms with van der Waals surface area (Å²) >= 11 is 3.48. The first-order valence-electron chi connectivity index (χ1n) is 13.4. The van der Waals surface area contributed by atoms with Gasteiger partial charge in [0.15, 0.2) is 0 Å². The number of hydrogen-bond donors (Lipinski definition) is 2. The van der Waals surface area contributed by atoms with E-state index in [4.69, 9.17) is 0 Å². The molecule has 2 N–H and O–H groups in total. The van der Waals surface area contributed by atoms with Crippen LogP contribution in [0.2, 0.25) is 0 Å². The average molecular weight is 587 g/mol. The number of aromatic nitrogens is 1. The number of para-hydroxylation sites is 2. The fourth-order valence-corrected chi connectivity index (χ4v) is 6.05. The fourth-order valence-electron chi connectivity index (χ4n) is 5.43. The summed E-state index contributed by atoms with van der Waals surface area (Å²) in [6.45, 7) is 7.24. The van der Waals surface area contributed by atoms with E-state index in [1.807, 2.05) is 25.1 Å². The van der Waals surface area contributed by atoms with Crippen molar-refractivity contribution in [3.8, 4) is 17.2 Å². The highest BCUT2D eigenvalue weighted by Crippen LogP contribution is 2.37. The molecule has 0 atom stereocenters. The van der Waals surface area contributed by atoms with Gasteiger partial charge in [0.1, 0.15) is 11.5 Å². The smallest absolute Gasteiger partial charge is 0.144 e. The van der Waals surface area contributed by atoms with Gasteiger partial charge in [-0.25, -0.2) is 0 Å². The van der Waals surface area contributed by atoms with Crippen molar-refractivity contribution in [2.75, 3.05) is 33.7 Å². The largest absolute Gasteiger partial charge is 0.506 e. The van der Waals surface area contributed by atoms with E-state index in [0.29, 0.717) is 24.5 Å². The highest BCUT2D eigenvalue weighted by molar-refractivity contribution is 9.10. The number of halogens is 1. The summed E-state index contributed by atoms with van der Waals surface area (Å²) in [4.78, 5) is 4.53. The van der Waals surface area contributed by atoms with Gasteiger partial charge in [0, 0.05) is 42.5 Å². The number of likely N-dealkylation sites (N-methyl/N-ethyl adjacent to an activating group) is 1. The van der Waals surface area contributed by atoms with Gasteiger partial charge in [0.25, 0.3) is 0 Å². The van der Waals surface area contributed by atoms with E-state index in [2.05, 4.69) is 106 Å². The number of fused-ring (bicyclic) bond motifs is 3. The minimum atomic E-state index is 0.306. The van der Waals surface area contributed by atoms with Crippen LogP contribution in [0.3, 0.4) is 0 Å². The normalized spacial score (nSPS) is 11.9. The van der Waals surface area contributed by atoms with Crippen LogP contribution in [0.1, 0.15) is 22.3 Å². The Kier molecular flexibility index (Phi) is 7.98. The predicted octanol–water partition coefficient (Wildman–Crippen LogP) is 7.18. The van der Waals surface area contributed by atoms with Gasteiger partial charge in [0.2, 0.25) is 0 Å². The van der Waals surface area contributed by atoms with Crippen molar-refractivity contribution in [2.24, 2.45) is 0 Å². The van der Waals surface area contributed by atoms with Crippen molar-refractivity contribution in [3.63, 3.8) is 0 Å². The summed E-state index contributed by atoms with van der Waals surface area (Å²) < 4.78 is 2.91. The number of aryl methyl sites for hydroxylation is 2. The second-order valence-corrected chi connectivity index (χ2v) is 11.6. The summed E-state index contributed by atoms with van der Waals surface area (Å²) in [7, 11) is 4.15. The Labute approximate surface area is 239 Å². The number of rotatable bonds is 9. The quantitative estimate of drug-likeness (QED) is 0.192. The summed E-state index contributed by atoms with van der Waals surface area (Å²) in [5.74, 6) is 0.614. The molecule has 6 heteroatoms. The lowest BCUT2D eigenvalue weighted by Crippen LogP contribution is -2.33. The molecule has 39 heavy (non-hydrogen) atoms. The summed E-state index contributed by atoms with van der Waals surface area (Å²) in [5.41, 5.74) is 7.01. The third kappa shape index (κ3) is 5.69. The number of benzene rings is 4. The predicted molar refractivity (Wildman–Crippen MR) is 165 cm³/mol. The molecular weight excluding hydrogens is 550 g/mol. The molecule has 0 fully saturated rings. The lowest BCUT2D eigenvalue weighted by atomic mass is 10.1. The van der Waals surface area contributed by atoms with E-state index in [0.717, 1.165) is 63.1 Å². The van der Waals surface area contributed by atoms with Gasteiger partial charge in [-0.3, -0.25) is 4.90 Å². The van der Waals surface area contributed by atoms with Gasteiger partial charge in [-0.15, -0.1) is 0 Å². The van der Waals surface area contributed by atoms with Gasteiger partial charge >= 0.3 is 0 Å². The van der Waals surface area contributed by atoms with Crippen LogP contribution in [-0.2, 0) is 13.0 Å². The van der Waals surface area contributed by atoms with Crippen molar-refractivity contribution < 1.29 is 10.2 Å². The summed E-state index contributed by atoms with van der Waals surface area (Å²) in [6, 6.07) is 24.9. The Morgan fingerprint density at radius 3 is 1.95 bits per heavy atom. The van der Waals surface area contributed by atoms with Crippen molar-refractivity contribution in [1.29, 1.82) is 0 Å². The maximum absolute atomic E-state index is 11.7. The Morgan fingerprint density at radius 1 is 0.718 bits per heavy atom. The van der Waals surface area contributed by atoms with Gasteiger partial charge in [-0.05, 0) is 91.2 Å². The van der Waals surface area contributed by atoms with Crippen LogP contribution in [0.25, 0.3) is 27.5 Å². The van der Waals surface area contributed by atoms with Crippen molar-refractivity contribution in [3.05, 3.63) is 99.5 Å². The molecule has 5 rings (SSSR count). The molecule has 0 saturated carbocycles. The molecule has 1 heterocycles. The third-order valence-corrected chi connectivity index (χ3v) is 7.98. The van der Waals surface area contributed by atoms with Crippen molar-refractivity contribution in [1.82, 2.24) is 14.4 Å². The number of nitrogens with zero attached hydrogens (tertiary/aromatic N) is 3. The second kappa shape index (κ2) is 11.4. The molecule has 1 aromatic heterocycles. The zero-order valence-corrected chi connectivity index (χ0v) is 24.7. The molecule has 0 aliphatic carbocycles. The van der Waals surface area contributed by atoms with E-state index >= 15 is 0 Å². The lowest BCUT2D eigenvalue weighted by Gasteiger charge is -2.26. The molecule has 5 nitrogen and oxygen atoms in total. The average Bonchev–Trinajstić information content (AvgIpc) is 3.24. The lowest BCUT2D eigenvalue weighted by molar-refractivity contribution is 0.233. The highest BCUT2D eigenvalue weighted by atomic mass is 79.9. The number of hydrogen-bond acceptors (Lipinski definition) is 4. The van der Waals surface area contributed by atoms with Gasteiger partial charge in [-0.1, -0.05) is 48.5 Å². The fraction of sp³-hybridized carbons (Fsp3) is 0.273. The molecule has 0 aliphatic rings. The molecule has 0 amide bonds. The van der Waals surface area contributed by atoms with E-state index in [1.165, 1.54) is 10.8 Å². The second-order valence-electron chi connectivity index (χ2n) is 10.7. The van der Waals surface area contributed by atoms with Crippen molar-refractivity contribution >= 4 is 37.7 Å². The monoisotopic (exact) mass is 585 g/mol. The Balaban J connectivity index is 1.52. The first-order chi connectivity index (χ1) is 18.7. The first kappa shape index (κ1) is 27.3. The van der Waals surface area contributed by atoms with Crippen LogP contribution in [0.15, 0.2) is 77.3 Å². The van der Waals surface area contributed by atoms with Gasteiger partial charge in [-0.2, -0.15) is 0 Å². The van der Waals surface area contributed by atoms with Crippen LogP contribution < -0.4 is 0 Å². The zero-order chi connectivity index (χ0) is 27.7. The highest BCUT2D eigenvalue weighted by Gasteiger charge is 2.19. The standard InChI is InChI=1S/C33H36BrN3O2/c1-22-17-24(32(38)28(34)19-22)13-14-36(16-15-35(3)4)21-25-18-23(2)20-31(33(25)39)37-29-11-7-5-9-26(29)27-10-6-8-12-30(27)37/h5-12,17-20,38-39H,13-16,21H2,1-4H3. The van der Waals surface area contributed by atoms with Crippen LogP contribution in [-0.4, -0.2) is 58.3 Å². The molecule has 5 aromatic rings. The SMILES string of the molecule is Cc1cc(Br)c(O)c(CCN(CCN(C)C)Cc2cc(C)cc(-n3c4ccccc4c4ccccc43)c2O)c1.